The zero-order chi connectivity index (χ0) is 17.5. The number of carboxylic acid groups (broad SMARTS) is 1. The molecule has 8 heteroatoms. The van der Waals surface area contributed by atoms with Gasteiger partial charge in [-0.3, -0.25) is 4.79 Å². The number of hydrogen-bond donors (Lipinski definition) is 1. The lowest BCUT2D eigenvalue weighted by Gasteiger charge is -2.30. The van der Waals surface area contributed by atoms with Crippen molar-refractivity contribution in [2.45, 2.75) is 19.4 Å². The molecule has 1 aromatic heterocycles. The highest BCUT2D eigenvalue weighted by molar-refractivity contribution is 7.16. The summed E-state index contributed by atoms with van der Waals surface area (Å²) in [5.41, 5.74) is -0.497. The van der Waals surface area contributed by atoms with Crippen LogP contribution in [0.25, 0.3) is 10.6 Å². The van der Waals surface area contributed by atoms with Crippen LogP contribution in [0.2, 0.25) is 0 Å². The van der Waals surface area contributed by atoms with Crippen molar-refractivity contribution >= 4 is 23.2 Å². The number of thiazole rings is 1. The number of rotatable bonds is 4. The fourth-order valence-corrected chi connectivity index (χ4v) is 2.99. The van der Waals surface area contributed by atoms with Gasteiger partial charge < -0.3 is 19.5 Å². The summed E-state index contributed by atoms with van der Waals surface area (Å²) >= 11 is 1.20. The average molecular weight is 348 g/mol. The van der Waals surface area contributed by atoms with Crippen LogP contribution in [0.4, 0.5) is 0 Å². The van der Waals surface area contributed by atoms with E-state index in [4.69, 9.17) is 9.47 Å². The van der Waals surface area contributed by atoms with Gasteiger partial charge >= 0.3 is 5.97 Å². The lowest BCUT2D eigenvalue weighted by atomic mass is 10.0. The Morgan fingerprint density at radius 2 is 2.00 bits per heavy atom. The third-order valence-electron chi connectivity index (χ3n) is 4.00. The van der Waals surface area contributed by atoms with Crippen molar-refractivity contribution in [1.82, 2.24) is 9.88 Å². The van der Waals surface area contributed by atoms with Gasteiger partial charge in [0.05, 0.1) is 6.20 Å². The van der Waals surface area contributed by atoms with E-state index in [1.54, 1.807) is 12.1 Å². The Morgan fingerprint density at radius 1 is 1.29 bits per heavy atom. The van der Waals surface area contributed by atoms with Gasteiger partial charge in [-0.05, 0) is 32.0 Å². The third kappa shape index (κ3) is 2.69. The SMILES string of the molecule is CN(C(=O)c1cnc(-c2ccc3c(c2)OCO3)s1)C(C)(C)C(=O)O. The van der Waals surface area contributed by atoms with E-state index >= 15 is 0 Å². The predicted octanol–water partition coefficient (Wildman–Crippen LogP) is 2.47. The first-order valence-electron chi connectivity index (χ1n) is 7.18. The molecule has 126 valence electrons. The van der Waals surface area contributed by atoms with Crippen molar-refractivity contribution in [3.8, 4) is 22.1 Å². The summed E-state index contributed by atoms with van der Waals surface area (Å²) < 4.78 is 10.6. The van der Waals surface area contributed by atoms with Crippen LogP contribution in [0.3, 0.4) is 0 Å². The molecule has 0 atom stereocenters. The van der Waals surface area contributed by atoms with E-state index in [0.29, 0.717) is 21.4 Å². The Balaban J connectivity index is 1.85. The monoisotopic (exact) mass is 348 g/mol. The molecule has 7 nitrogen and oxygen atoms in total. The molecule has 0 saturated heterocycles. The van der Waals surface area contributed by atoms with E-state index in [2.05, 4.69) is 4.98 Å². The maximum Gasteiger partial charge on any atom is 0.329 e. The molecule has 0 aliphatic carbocycles. The number of carboxylic acids is 1. The summed E-state index contributed by atoms with van der Waals surface area (Å²) in [5, 5.41) is 9.90. The quantitative estimate of drug-likeness (QED) is 0.913. The Kier molecular flexibility index (Phi) is 3.92. The number of likely N-dealkylation sites (N-methyl/N-ethyl adjacent to an activating group) is 1. The zero-order valence-corrected chi connectivity index (χ0v) is 14.2. The largest absolute Gasteiger partial charge is 0.480 e. The minimum absolute atomic E-state index is 0.190. The van der Waals surface area contributed by atoms with Crippen molar-refractivity contribution in [2.75, 3.05) is 13.8 Å². The third-order valence-corrected chi connectivity index (χ3v) is 5.04. The smallest absolute Gasteiger partial charge is 0.329 e. The molecule has 0 bridgehead atoms. The van der Waals surface area contributed by atoms with Crippen LogP contribution >= 0.6 is 11.3 Å². The summed E-state index contributed by atoms with van der Waals surface area (Å²) in [4.78, 5) is 29.7. The van der Waals surface area contributed by atoms with Crippen molar-refractivity contribution in [2.24, 2.45) is 0 Å². The van der Waals surface area contributed by atoms with Gasteiger partial charge in [0.1, 0.15) is 15.4 Å². The second kappa shape index (κ2) is 5.79. The normalized spacial score (nSPS) is 13.0. The number of fused-ring (bicyclic) bond motifs is 1. The van der Waals surface area contributed by atoms with E-state index in [1.165, 1.54) is 43.3 Å². The summed E-state index contributed by atoms with van der Waals surface area (Å²) in [6.07, 6.45) is 1.46. The molecule has 1 aliphatic rings. The molecule has 2 aromatic rings. The number of aliphatic carboxylic acids is 1. The second-order valence-corrected chi connectivity index (χ2v) is 6.86. The second-order valence-electron chi connectivity index (χ2n) is 5.83. The minimum Gasteiger partial charge on any atom is -0.480 e. The zero-order valence-electron chi connectivity index (χ0n) is 13.4. The minimum atomic E-state index is -1.31. The molecular formula is C16H16N2O5S. The maximum absolute atomic E-state index is 12.5. The fraction of sp³-hybridized carbons (Fsp3) is 0.312. The average Bonchev–Trinajstić information content (AvgIpc) is 3.21. The van der Waals surface area contributed by atoms with Gasteiger partial charge in [0.15, 0.2) is 11.5 Å². The van der Waals surface area contributed by atoms with E-state index < -0.39 is 11.5 Å². The van der Waals surface area contributed by atoms with Crippen LogP contribution in [-0.4, -0.2) is 46.2 Å². The first-order chi connectivity index (χ1) is 11.3. The van der Waals surface area contributed by atoms with Crippen molar-refractivity contribution < 1.29 is 24.2 Å². The first-order valence-corrected chi connectivity index (χ1v) is 8.00. The maximum atomic E-state index is 12.5. The fourth-order valence-electron chi connectivity index (χ4n) is 2.10. The molecular weight excluding hydrogens is 332 g/mol. The van der Waals surface area contributed by atoms with Crippen molar-refractivity contribution in [3.05, 3.63) is 29.3 Å². The molecule has 1 aromatic carbocycles. The lowest BCUT2D eigenvalue weighted by Crippen LogP contribution is -2.50. The molecule has 1 amide bonds. The van der Waals surface area contributed by atoms with Crippen LogP contribution in [0.5, 0.6) is 11.5 Å². The van der Waals surface area contributed by atoms with Crippen LogP contribution in [-0.2, 0) is 4.79 Å². The number of hydrogen-bond acceptors (Lipinski definition) is 6. The van der Waals surface area contributed by atoms with Crippen LogP contribution < -0.4 is 9.47 Å². The molecule has 3 rings (SSSR count). The Morgan fingerprint density at radius 3 is 2.71 bits per heavy atom. The number of carbonyl (C=O) groups excluding carboxylic acids is 1. The molecule has 24 heavy (non-hydrogen) atoms. The number of nitrogens with zero attached hydrogens (tertiary/aromatic N) is 2. The van der Waals surface area contributed by atoms with E-state index in [1.807, 2.05) is 6.07 Å². The van der Waals surface area contributed by atoms with Gasteiger partial charge in [0.25, 0.3) is 5.91 Å². The van der Waals surface area contributed by atoms with Gasteiger partial charge in [-0.1, -0.05) is 0 Å². The molecule has 0 radical (unpaired) electrons. The van der Waals surface area contributed by atoms with Gasteiger partial charge in [0, 0.05) is 12.6 Å². The molecule has 0 spiro atoms. The summed E-state index contributed by atoms with van der Waals surface area (Å²) in [7, 11) is 1.47. The topological polar surface area (TPSA) is 89.0 Å². The molecule has 1 N–H and O–H groups in total. The van der Waals surface area contributed by atoms with Gasteiger partial charge in [0.2, 0.25) is 6.79 Å². The number of benzene rings is 1. The Bertz CT molecular complexity index is 815. The highest BCUT2D eigenvalue weighted by Gasteiger charge is 2.36. The Labute approximate surface area is 142 Å². The van der Waals surface area contributed by atoms with E-state index in [0.717, 1.165) is 5.56 Å². The van der Waals surface area contributed by atoms with Gasteiger partial charge in [-0.25, -0.2) is 9.78 Å². The van der Waals surface area contributed by atoms with Crippen molar-refractivity contribution in [1.29, 1.82) is 0 Å². The highest BCUT2D eigenvalue weighted by atomic mass is 32.1. The Hall–Kier alpha value is -2.61. The number of aromatic nitrogens is 1. The summed E-state index contributed by atoms with van der Waals surface area (Å²) in [6.45, 7) is 3.15. The van der Waals surface area contributed by atoms with Gasteiger partial charge in [-0.15, -0.1) is 11.3 Å². The van der Waals surface area contributed by atoms with Crippen LogP contribution in [0.15, 0.2) is 24.4 Å². The number of ether oxygens (including phenoxy) is 2. The number of carbonyl (C=O) groups is 2. The van der Waals surface area contributed by atoms with Crippen LogP contribution in [0.1, 0.15) is 23.5 Å². The molecule has 0 fully saturated rings. The lowest BCUT2D eigenvalue weighted by molar-refractivity contribution is -0.147. The van der Waals surface area contributed by atoms with Crippen molar-refractivity contribution in [3.63, 3.8) is 0 Å². The van der Waals surface area contributed by atoms with E-state index in [9.17, 15) is 14.7 Å². The predicted molar refractivity (Wildman–Crippen MR) is 87.5 cm³/mol. The van der Waals surface area contributed by atoms with Crippen LogP contribution in [0, 0.1) is 0 Å². The van der Waals surface area contributed by atoms with E-state index in [-0.39, 0.29) is 12.7 Å². The molecule has 1 aliphatic heterocycles. The standard InChI is InChI=1S/C16H16N2O5S/c1-16(2,15(20)21)18(3)14(19)12-7-17-13(24-12)9-4-5-10-11(6-9)23-8-22-10/h4-7H,8H2,1-3H3,(H,20,21). The summed E-state index contributed by atoms with van der Waals surface area (Å²) in [5.74, 6) is -0.139. The molecule has 2 heterocycles. The molecule has 0 saturated carbocycles. The first kappa shape index (κ1) is 16.3. The van der Waals surface area contributed by atoms with Gasteiger partial charge in [-0.2, -0.15) is 0 Å². The summed E-state index contributed by atoms with van der Waals surface area (Å²) in [6, 6.07) is 5.44. The highest BCUT2D eigenvalue weighted by Crippen LogP contribution is 2.37. The number of amides is 1. The molecule has 0 unspecified atom stereocenters.